The molecule has 0 bridgehead atoms. The van der Waals surface area contributed by atoms with Crippen molar-refractivity contribution in [1.29, 1.82) is 0 Å². The summed E-state index contributed by atoms with van der Waals surface area (Å²) in [5, 5.41) is 8.95. The zero-order valence-electron chi connectivity index (χ0n) is 11.5. The van der Waals surface area contributed by atoms with Crippen LogP contribution in [0.15, 0.2) is 54.6 Å². The van der Waals surface area contributed by atoms with Crippen molar-refractivity contribution in [2.24, 2.45) is 0 Å². The number of benzene rings is 2. The van der Waals surface area contributed by atoms with Crippen LogP contribution in [0.4, 0.5) is 0 Å². The Hall–Kier alpha value is -2.13. The Labute approximate surface area is 118 Å². The molecule has 0 aliphatic heterocycles. The molecule has 0 fully saturated rings. The normalized spacial score (nSPS) is 12.1. The Balaban J connectivity index is 1.86. The van der Waals surface area contributed by atoms with Gasteiger partial charge in [0.05, 0.1) is 19.1 Å². The number of carboxylic acid groups (broad SMARTS) is 1. The zero-order chi connectivity index (χ0) is 14.4. The number of carbonyl (C=O) groups is 1. The highest BCUT2D eigenvalue weighted by atomic mass is 16.5. The lowest BCUT2D eigenvalue weighted by molar-refractivity contribution is -0.138. The van der Waals surface area contributed by atoms with E-state index in [4.69, 9.17) is 9.84 Å². The fourth-order valence-electron chi connectivity index (χ4n) is 1.91. The van der Waals surface area contributed by atoms with Gasteiger partial charge in [-0.3, -0.25) is 4.79 Å². The lowest BCUT2D eigenvalue weighted by Gasteiger charge is -2.08. The molecule has 2 rings (SSSR count). The van der Waals surface area contributed by atoms with Crippen LogP contribution in [0, 0.1) is 0 Å². The van der Waals surface area contributed by atoms with Crippen LogP contribution in [0.5, 0.6) is 0 Å². The average Bonchev–Trinajstić information content (AvgIpc) is 2.48. The van der Waals surface area contributed by atoms with Gasteiger partial charge in [-0.2, -0.15) is 0 Å². The second-order valence-electron chi connectivity index (χ2n) is 4.78. The maximum Gasteiger partial charge on any atom is 0.310 e. The van der Waals surface area contributed by atoms with Crippen LogP contribution in [0.25, 0.3) is 0 Å². The molecule has 0 amide bonds. The van der Waals surface area contributed by atoms with Crippen molar-refractivity contribution in [3.63, 3.8) is 0 Å². The molecule has 0 aliphatic carbocycles. The number of hydrogen-bond donors (Lipinski definition) is 1. The molecule has 0 saturated heterocycles. The van der Waals surface area contributed by atoms with Gasteiger partial charge in [-0.05, 0) is 23.6 Å². The van der Waals surface area contributed by atoms with Gasteiger partial charge in [-0.1, -0.05) is 54.6 Å². The first kappa shape index (κ1) is 14.3. The van der Waals surface area contributed by atoms with E-state index in [2.05, 4.69) is 0 Å². The second kappa shape index (κ2) is 6.87. The SMILES string of the molecule is CC(C(=O)O)c1ccc(COCc2ccccc2)cc1. The van der Waals surface area contributed by atoms with Crippen molar-refractivity contribution in [2.45, 2.75) is 26.1 Å². The van der Waals surface area contributed by atoms with Crippen molar-refractivity contribution in [3.05, 3.63) is 71.3 Å². The molecule has 0 spiro atoms. The number of ether oxygens (including phenoxy) is 1. The van der Waals surface area contributed by atoms with Crippen LogP contribution < -0.4 is 0 Å². The maximum atomic E-state index is 10.9. The summed E-state index contributed by atoms with van der Waals surface area (Å²) in [5.74, 6) is -1.28. The van der Waals surface area contributed by atoms with Gasteiger partial charge in [0.1, 0.15) is 0 Å². The Bertz CT molecular complexity index is 546. The van der Waals surface area contributed by atoms with Gasteiger partial charge in [0.25, 0.3) is 0 Å². The van der Waals surface area contributed by atoms with E-state index in [0.29, 0.717) is 13.2 Å². The molecule has 2 aromatic carbocycles. The van der Waals surface area contributed by atoms with Crippen LogP contribution in [0.1, 0.15) is 29.5 Å². The molecule has 0 heterocycles. The third-order valence-corrected chi connectivity index (χ3v) is 3.23. The van der Waals surface area contributed by atoms with E-state index in [1.54, 1.807) is 6.92 Å². The Morgan fingerprint density at radius 2 is 1.55 bits per heavy atom. The van der Waals surface area contributed by atoms with Gasteiger partial charge < -0.3 is 9.84 Å². The summed E-state index contributed by atoms with van der Waals surface area (Å²) in [6.07, 6.45) is 0. The first-order valence-electron chi connectivity index (χ1n) is 6.60. The summed E-state index contributed by atoms with van der Waals surface area (Å²) in [6.45, 7) is 2.79. The predicted molar refractivity (Wildman–Crippen MR) is 77.4 cm³/mol. The molecule has 0 aliphatic rings. The summed E-state index contributed by atoms with van der Waals surface area (Å²) >= 11 is 0. The molecule has 1 N–H and O–H groups in total. The van der Waals surface area contributed by atoms with E-state index in [1.165, 1.54) is 0 Å². The van der Waals surface area contributed by atoms with Crippen LogP contribution >= 0.6 is 0 Å². The maximum absolute atomic E-state index is 10.9. The number of carboxylic acids is 1. The molecule has 20 heavy (non-hydrogen) atoms. The summed E-state index contributed by atoms with van der Waals surface area (Å²) in [4.78, 5) is 10.9. The highest BCUT2D eigenvalue weighted by Gasteiger charge is 2.12. The fourth-order valence-corrected chi connectivity index (χ4v) is 1.91. The molecule has 3 heteroatoms. The Morgan fingerprint density at radius 1 is 1.00 bits per heavy atom. The molecule has 1 atom stereocenters. The number of aliphatic carboxylic acids is 1. The second-order valence-corrected chi connectivity index (χ2v) is 4.78. The van der Waals surface area contributed by atoms with E-state index in [1.807, 2.05) is 54.6 Å². The van der Waals surface area contributed by atoms with Crippen molar-refractivity contribution >= 4 is 5.97 Å². The Kier molecular flexibility index (Phi) is 4.91. The first-order valence-corrected chi connectivity index (χ1v) is 6.60. The molecule has 3 nitrogen and oxygen atoms in total. The van der Waals surface area contributed by atoms with Crippen LogP contribution in [-0.2, 0) is 22.7 Å². The lowest BCUT2D eigenvalue weighted by Crippen LogP contribution is -2.07. The third kappa shape index (κ3) is 3.93. The monoisotopic (exact) mass is 270 g/mol. The summed E-state index contributed by atoms with van der Waals surface area (Å²) in [5.41, 5.74) is 3.00. The van der Waals surface area contributed by atoms with Crippen molar-refractivity contribution in [3.8, 4) is 0 Å². The highest BCUT2D eigenvalue weighted by molar-refractivity contribution is 5.75. The molecule has 104 valence electrons. The van der Waals surface area contributed by atoms with Gasteiger partial charge in [-0.15, -0.1) is 0 Å². The van der Waals surface area contributed by atoms with Crippen LogP contribution in [-0.4, -0.2) is 11.1 Å². The molecular weight excluding hydrogens is 252 g/mol. The van der Waals surface area contributed by atoms with Gasteiger partial charge in [-0.25, -0.2) is 0 Å². The van der Waals surface area contributed by atoms with Gasteiger partial charge in [0.2, 0.25) is 0 Å². The minimum absolute atomic E-state index is 0.478. The van der Waals surface area contributed by atoms with Crippen molar-refractivity contribution < 1.29 is 14.6 Å². The summed E-state index contributed by atoms with van der Waals surface area (Å²) < 4.78 is 5.64. The van der Waals surface area contributed by atoms with Crippen LogP contribution in [0.2, 0.25) is 0 Å². The fraction of sp³-hybridized carbons (Fsp3) is 0.235. The third-order valence-electron chi connectivity index (χ3n) is 3.23. The molecule has 2 aromatic rings. The number of hydrogen-bond acceptors (Lipinski definition) is 2. The Morgan fingerprint density at radius 3 is 2.10 bits per heavy atom. The van der Waals surface area contributed by atoms with Gasteiger partial charge >= 0.3 is 5.97 Å². The van der Waals surface area contributed by atoms with E-state index in [9.17, 15) is 4.79 Å². The quantitative estimate of drug-likeness (QED) is 0.872. The highest BCUT2D eigenvalue weighted by Crippen LogP contribution is 2.16. The van der Waals surface area contributed by atoms with Gasteiger partial charge in [0, 0.05) is 0 Å². The minimum atomic E-state index is -0.807. The molecule has 0 radical (unpaired) electrons. The standard InChI is InChI=1S/C17H18O3/c1-13(17(18)19)16-9-7-15(8-10-16)12-20-11-14-5-3-2-4-6-14/h2-10,13H,11-12H2,1H3,(H,18,19). The van der Waals surface area contributed by atoms with E-state index in [-0.39, 0.29) is 0 Å². The van der Waals surface area contributed by atoms with E-state index in [0.717, 1.165) is 16.7 Å². The molecule has 0 saturated carbocycles. The first-order chi connectivity index (χ1) is 9.66. The summed E-state index contributed by atoms with van der Waals surface area (Å²) in [7, 11) is 0. The molecular formula is C17H18O3. The van der Waals surface area contributed by atoms with Crippen molar-refractivity contribution in [1.82, 2.24) is 0 Å². The van der Waals surface area contributed by atoms with E-state index >= 15 is 0 Å². The summed E-state index contributed by atoms with van der Waals surface area (Å²) in [6, 6.07) is 17.5. The van der Waals surface area contributed by atoms with E-state index < -0.39 is 11.9 Å². The zero-order valence-corrected chi connectivity index (χ0v) is 11.5. The minimum Gasteiger partial charge on any atom is -0.481 e. The largest absolute Gasteiger partial charge is 0.481 e. The molecule has 1 unspecified atom stereocenters. The van der Waals surface area contributed by atoms with Gasteiger partial charge in [0.15, 0.2) is 0 Å². The smallest absolute Gasteiger partial charge is 0.310 e. The topological polar surface area (TPSA) is 46.5 Å². The van der Waals surface area contributed by atoms with Crippen molar-refractivity contribution in [2.75, 3.05) is 0 Å². The molecule has 0 aromatic heterocycles. The average molecular weight is 270 g/mol. The lowest BCUT2D eigenvalue weighted by atomic mass is 10.0. The predicted octanol–water partition coefficient (Wildman–Crippen LogP) is 3.59. The van der Waals surface area contributed by atoms with Crippen LogP contribution in [0.3, 0.4) is 0 Å². The number of rotatable bonds is 6.